The van der Waals surface area contributed by atoms with Crippen LogP contribution < -0.4 is 10.6 Å². The van der Waals surface area contributed by atoms with Gasteiger partial charge in [0.05, 0.1) is 6.10 Å². The number of likely N-dealkylation sites (tertiary alicyclic amines) is 1. The number of guanidine groups is 1. The predicted octanol–water partition coefficient (Wildman–Crippen LogP) is 1.52. The second-order valence-corrected chi connectivity index (χ2v) is 9.15. The molecule has 3 aliphatic rings. The topological polar surface area (TPSA) is 96.7 Å². The van der Waals surface area contributed by atoms with Crippen LogP contribution in [0.4, 0.5) is 0 Å². The molecule has 2 saturated heterocycles. The van der Waals surface area contributed by atoms with Crippen LogP contribution >= 0.6 is 0 Å². The normalized spacial score (nSPS) is 25.2. The third-order valence-corrected chi connectivity index (χ3v) is 6.88. The maximum atomic E-state index is 12.9. The summed E-state index contributed by atoms with van der Waals surface area (Å²) in [6.45, 7) is 5.54. The van der Waals surface area contributed by atoms with Gasteiger partial charge >= 0.3 is 0 Å². The number of carbonyl (C=O) groups is 1. The molecule has 9 heteroatoms. The predicted molar refractivity (Wildman–Crippen MR) is 119 cm³/mol. The van der Waals surface area contributed by atoms with E-state index in [1.807, 2.05) is 18.5 Å². The third kappa shape index (κ3) is 5.75. The van der Waals surface area contributed by atoms with Crippen molar-refractivity contribution in [3.8, 4) is 0 Å². The van der Waals surface area contributed by atoms with Crippen molar-refractivity contribution in [2.24, 2.45) is 18.0 Å². The van der Waals surface area contributed by atoms with Crippen molar-refractivity contribution in [3.05, 3.63) is 11.6 Å². The summed E-state index contributed by atoms with van der Waals surface area (Å²) in [5.74, 6) is 3.05. The molecule has 2 unspecified atom stereocenters. The molecule has 1 amide bonds. The molecule has 3 heterocycles. The molecule has 1 aliphatic carbocycles. The first-order valence-corrected chi connectivity index (χ1v) is 11.9. The number of carbonyl (C=O) groups excluding carboxylic acids is 1. The van der Waals surface area contributed by atoms with Crippen molar-refractivity contribution in [2.75, 3.05) is 26.2 Å². The van der Waals surface area contributed by atoms with E-state index in [1.54, 1.807) is 0 Å². The molecule has 2 atom stereocenters. The Morgan fingerprint density at radius 3 is 2.71 bits per heavy atom. The van der Waals surface area contributed by atoms with Crippen LogP contribution in [-0.2, 0) is 23.1 Å². The fourth-order valence-electron chi connectivity index (χ4n) is 4.79. The quantitative estimate of drug-likeness (QED) is 0.524. The summed E-state index contributed by atoms with van der Waals surface area (Å²) in [5, 5.41) is 15.3. The molecule has 1 saturated carbocycles. The van der Waals surface area contributed by atoms with Crippen LogP contribution in [-0.4, -0.2) is 69.9 Å². The maximum absolute atomic E-state index is 12.9. The van der Waals surface area contributed by atoms with Gasteiger partial charge in [-0.1, -0.05) is 19.3 Å². The van der Waals surface area contributed by atoms with E-state index < -0.39 is 0 Å². The molecule has 0 bridgehead atoms. The van der Waals surface area contributed by atoms with Crippen LogP contribution in [0.1, 0.15) is 63.0 Å². The molecule has 9 nitrogen and oxygen atoms in total. The number of hydrogen-bond donors (Lipinski definition) is 2. The Hall–Kier alpha value is -2.16. The summed E-state index contributed by atoms with van der Waals surface area (Å²) < 4.78 is 7.71. The fraction of sp³-hybridized carbons (Fsp3) is 0.818. The van der Waals surface area contributed by atoms with Gasteiger partial charge in [-0.3, -0.25) is 4.79 Å². The van der Waals surface area contributed by atoms with Crippen LogP contribution in [0.5, 0.6) is 0 Å². The summed E-state index contributed by atoms with van der Waals surface area (Å²) in [5.41, 5.74) is 0. The fourth-order valence-corrected chi connectivity index (χ4v) is 4.79. The molecule has 172 valence electrons. The van der Waals surface area contributed by atoms with Crippen LogP contribution in [0.2, 0.25) is 0 Å². The molecule has 0 radical (unpaired) electrons. The van der Waals surface area contributed by atoms with Crippen LogP contribution in [0.3, 0.4) is 0 Å². The molecule has 1 aromatic heterocycles. The minimum Gasteiger partial charge on any atom is -0.376 e. The average molecular weight is 432 g/mol. The minimum atomic E-state index is 0.213. The number of aryl methyl sites for hydroxylation is 1. The van der Waals surface area contributed by atoms with E-state index in [2.05, 4.69) is 25.7 Å². The summed E-state index contributed by atoms with van der Waals surface area (Å²) in [4.78, 5) is 19.7. The molecule has 0 aromatic carbocycles. The largest absolute Gasteiger partial charge is 0.376 e. The number of nitrogens with zero attached hydrogens (tertiary/aromatic N) is 5. The lowest BCUT2D eigenvalue weighted by Crippen LogP contribution is -2.47. The summed E-state index contributed by atoms with van der Waals surface area (Å²) in [7, 11) is 1.96. The molecule has 2 aliphatic heterocycles. The van der Waals surface area contributed by atoms with Crippen molar-refractivity contribution < 1.29 is 9.53 Å². The summed E-state index contributed by atoms with van der Waals surface area (Å²) in [6, 6.07) is 0.213. The van der Waals surface area contributed by atoms with Crippen molar-refractivity contribution >= 4 is 11.9 Å². The first-order valence-electron chi connectivity index (χ1n) is 11.9. The Bertz CT molecular complexity index is 766. The van der Waals surface area contributed by atoms with E-state index in [0.29, 0.717) is 12.5 Å². The van der Waals surface area contributed by atoms with E-state index >= 15 is 0 Å². The van der Waals surface area contributed by atoms with E-state index in [-0.39, 0.29) is 18.1 Å². The molecule has 4 rings (SSSR count). The van der Waals surface area contributed by atoms with Gasteiger partial charge in [0.25, 0.3) is 0 Å². The number of aromatic nitrogens is 3. The monoisotopic (exact) mass is 431 g/mol. The Morgan fingerprint density at radius 2 is 2.00 bits per heavy atom. The number of nitrogens with one attached hydrogen (secondary N) is 2. The van der Waals surface area contributed by atoms with Gasteiger partial charge in [-0.2, -0.15) is 0 Å². The Morgan fingerprint density at radius 1 is 1.16 bits per heavy atom. The van der Waals surface area contributed by atoms with E-state index in [9.17, 15) is 4.79 Å². The molecule has 2 N–H and O–H groups in total. The van der Waals surface area contributed by atoms with Gasteiger partial charge in [-0.15, -0.1) is 10.2 Å². The van der Waals surface area contributed by atoms with Gasteiger partial charge in [0.15, 0.2) is 11.8 Å². The number of aliphatic imine (C=N–C) groups is 1. The lowest BCUT2D eigenvalue weighted by atomic mass is 9.88. The smallest absolute Gasteiger partial charge is 0.225 e. The number of rotatable bonds is 6. The van der Waals surface area contributed by atoms with Crippen molar-refractivity contribution in [1.29, 1.82) is 0 Å². The molecular formula is C22H37N7O2. The zero-order valence-electron chi connectivity index (χ0n) is 19.0. The standard InChI is InChI=1S/C22H37N7O2/c1-16-26-27-20(28(16)2)14-24-22(23-13-19-9-6-12-31-19)25-18-10-11-29(15-18)21(30)17-7-4-3-5-8-17/h17-19H,3-15H2,1-2H3,(H2,23,24,25). The van der Waals surface area contributed by atoms with Crippen molar-refractivity contribution in [2.45, 2.75) is 77.0 Å². The molecule has 3 fully saturated rings. The van der Waals surface area contributed by atoms with Gasteiger partial charge in [0.2, 0.25) is 5.91 Å². The van der Waals surface area contributed by atoms with E-state index in [0.717, 1.165) is 76.0 Å². The first-order chi connectivity index (χ1) is 15.1. The Kier molecular flexibility index (Phi) is 7.42. The zero-order valence-corrected chi connectivity index (χ0v) is 19.0. The van der Waals surface area contributed by atoms with Crippen molar-refractivity contribution in [3.63, 3.8) is 0 Å². The van der Waals surface area contributed by atoms with Gasteiger partial charge < -0.3 is 24.8 Å². The van der Waals surface area contributed by atoms with Gasteiger partial charge in [-0.25, -0.2) is 4.99 Å². The van der Waals surface area contributed by atoms with E-state index in [1.165, 1.54) is 19.3 Å². The average Bonchev–Trinajstić information content (AvgIpc) is 3.54. The highest BCUT2D eigenvalue weighted by Crippen LogP contribution is 2.26. The number of amides is 1. The van der Waals surface area contributed by atoms with Crippen LogP contribution in [0.25, 0.3) is 0 Å². The Balaban J connectivity index is 1.34. The zero-order chi connectivity index (χ0) is 21.6. The second kappa shape index (κ2) is 10.4. The third-order valence-electron chi connectivity index (χ3n) is 6.88. The first kappa shape index (κ1) is 22.0. The Labute approximate surface area is 185 Å². The molecule has 1 aromatic rings. The van der Waals surface area contributed by atoms with Crippen LogP contribution in [0, 0.1) is 12.8 Å². The lowest BCUT2D eigenvalue weighted by molar-refractivity contribution is -0.135. The number of hydrogen-bond acceptors (Lipinski definition) is 5. The summed E-state index contributed by atoms with van der Waals surface area (Å²) >= 11 is 0. The second-order valence-electron chi connectivity index (χ2n) is 9.15. The highest BCUT2D eigenvalue weighted by molar-refractivity contribution is 5.81. The van der Waals surface area contributed by atoms with Crippen LogP contribution in [0.15, 0.2) is 4.99 Å². The summed E-state index contributed by atoms with van der Waals surface area (Å²) in [6.07, 6.45) is 9.14. The molecule has 0 spiro atoms. The van der Waals surface area contributed by atoms with Gasteiger partial charge in [-0.05, 0) is 39.0 Å². The van der Waals surface area contributed by atoms with Gasteiger partial charge in [0, 0.05) is 45.2 Å². The maximum Gasteiger partial charge on any atom is 0.225 e. The highest BCUT2D eigenvalue weighted by atomic mass is 16.5. The molecule has 31 heavy (non-hydrogen) atoms. The minimum absolute atomic E-state index is 0.213. The van der Waals surface area contributed by atoms with E-state index in [4.69, 9.17) is 9.73 Å². The van der Waals surface area contributed by atoms with Gasteiger partial charge in [0.1, 0.15) is 12.4 Å². The SMILES string of the molecule is Cc1nnc(CN=C(NCC2CCCO2)NC2CCN(C(=O)C3CCCCC3)C2)n1C. The highest BCUT2D eigenvalue weighted by Gasteiger charge is 2.32. The van der Waals surface area contributed by atoms with Crippen molar-refractivity contribution in [1.82, 2.24) is 30.3 Å². The molecular weight excluding hydrogens is 394 g/mol. The lowest BCUT2D eigenvalue weighted by Gasteiger charge is -2.26. The number of ether oxygens (including phenoxy) is 1.